The zero-order chi connectivity index (χ0) is 23.1. The van der Waals surface area contributed by atoms with E-state index in [2.05, 4.69) is 22.1 Å². The Kier molecular flexibility index (Phi) is 7.91. The second kappa shape index (κ2) is 11.1. The molecule has 1 saturated heterocycles. The number of halogens is 1. The lowest BCUT2D eigenvalue weighted by Gasteiger charge is -2.39. The van der Waals surface area contributed by atoms with Crippen LogP contribution in [-0.2, 0) is 13.1 Å². The van der Waals surface area contributed by atoms with Crippen LogP contribution in [0.4, 0.5) is 0 Å². The number of likely N-dealkylation sites (tertiary alicyclic amines) is 1. The molecule has 1 aromatic heterocycles. The monoisotopic (exact) mass is 469 g/mol. The van der Waals surface area contributed by atoms with Crippen LogP contribution in [0.25, 0.3) is 0 Å². The normalized spacial score (nSPS) is 18.9. The van der Waals surface area contributed by atoms with Crippen molar-refractivity contribution in [3.63, 3.8) is 0 Å². The first-order chi connectivity index (χ1) is 16.0. The van der Waals surface area contributed by atoms with Crippen molar-refractivity contribution in [1.82, 2.24) is 14.7 Å². The molecule has 1 aliphatic rings. The van der Waals surface area contributed by atoms with Crippen LogP contribution in [0, 0.1) is 6.92 Å². The van der Waals surface area contributed by atoms with E-state index in [0.717, 1.165) is 43.8 Å². The maximum absolute atomic E-state index is 11.2. The Balaban J connectivity index is 1.27. The van der Waals surface area contributed by atoms with Crippen molar-refractivity contribution in [2.45, 2.75) is 44.9 Å². The summed E-state index contributed by atoms with van der Waals surface area (Å²) in [4.78, 5) is 2.28. The highest BCUT2D eigenvalue weighted by Crippen LogP contribution is 2.29. The predicted molar refractivity (Wildman–Crippen MR) is 130 cm³/mol. The third-order valence-electron chi connectivity index (χ3n) is 5.88. The lowest BCUT2D eigenvalue weighted by molar-refractivity contribution is -0.0621. The fourth-order valence-corrected chi connectivity index (χ4v) is 4.41. The average Bonchev–Trinajstić information content (AvgIpc) is 3.31. The number of hydrogen-bond donors (Lipinski definition) is 1. The molecule has 176 valence electrons. The van der Waals surface area contributed by atoms with Gasteiger partial charge in [0, 0.05) is 38.4 Å². The molecule has 6 nitrogen and oxygen atoms in total. The summed E-state index contributed by atoms with van der Waals surface area (Å²) in [6.07, 6.45) is 6.28. The van der Waals surface area contributed by atoms with Gasteiger partial charge in [0.25, 0.3) is 0 Å². The number of aromatic nitrogens is 2. The number of aryl methyl sites for hydroxylation is 2. The van der Waals surface area contributed by atoms with Crippen LogP contribution in [0.3, 0.4) is 0 Å². The van der Waals surface area contributed by atoms with Gasteiger partial charge in [0.15, 0.2) is 0 Å². The van der Waals surface area contributed by atoms with Crippen LogP contribution in [0.1, 0.15) is 30.4 Å². The molecule has 0 aliphatic carbocycles. The van der Waals surface area contributed by atoms with Crippen LogP contribution in [0.5, 0.6) is 11.5 Å². The average molecular weight is 470 g/mol. The molecule has 0 spiro atoms. The Labute approximate surface area is 200 Å². The molecule has 1 atom stereocenters. The van der Waals surface area contributed by atoms with Gasteiger partial charge < -0.3 is 14.6 Å². The summed E-state index contributed by atoms with van der Waals surface area (Å²) >= 11 is 6.25. The van der Waals surface area contributed by atoms with Gasteiger partial charge in [-0.1, -0.05) is 29.8 Å². The zero-order valence-corrected chi connectivity index (χ0v) is 19.9. The number of rotatable bonds is 10. The molecule has 33 heavy (non-hydrogen) atoms. The number of benzene rings is 2. The first kappa shape index (κ1) is 23.6. The lowest BCUT2D eigenvalue weighted by atomic mass is 9.93. The SMILES string of the molecule is Cc1ccc(Cl)c(OCC2(O)CCCN(Cc3cccc(OCCCn4cccn4)c3)C2)c1. The third kappa shape index (κ3) is 6.97. The molecule has 0 bridgehead atoms. The predicted octanol–water partition coefficient (Wildman–Crippen LogP) is 4.72. The molecule has 0 amide bonds. The molecule has 4 rings (SSSR count). The quantitative estimate of drug-likeness (QED) is 0.435. The fraction of sp³-hybridized carbons (Fsp3) is 0.423. The second-order valence-corrected chi connectivity index (χ2v) is 9.29. The Hall–Kier alpha value is -2.54. The van der Waals surface area contributed by atoms with E-state index in [-0.39, 0.29) is 6.61 Å². The molecule has 0 saturated carbocycles. The van der Waals surface area contributed by atoms with E-state index < -0.39 is 5.60 Å². The van der Waals surface area contributed by atoms with E-state index in [1.807, 2.05) is 54.2 Å². The number of hydrogen-bond acceptors (Lipinski definition) is 5. The van der Waals surface area contributed by atoms with Gasteiger partial charge in [-0.3, -0.25) is 9.58 Å². The molecular formula is C26H32ClN3O3. The Bertz CT molecular complexity index is 1030. The molecule has 1 unspecified atom stereocenters. The van der Waals surface area contributed by atoms with Crippen molar-refractivity contribution in [3.05, 3.63) is 77.1 Å². The highest BCUT2D eigenvalue weighted by molar-refractivity contribution is 6.32. The summed E-state index contributed by atoms with van der Waals surface area (Å²) in [6, 6.07) is 15.8. The molecule has 7 heteroatoms. The van der Waals surface area contributed by atoms with Crippen LogP contribution >= 0.6 is 11.6 Å². The number of ether oxygens (including phenoxy) is 2. The van der Waals surface area contributed by atoms with Crippen molar-refractivity contribution >= 4 is 11.6 Å². The third-order valence-corrected chi connectivity index (χ3v) is 6.19. The van der Waals surface area contributed by atoms with Crippen molar-refractivity contribution in [2.24, 2.45) is 0 Å². The summed E-state index contributed by atoms with van der Waals surface area (Å²) in [5.41, 5.74) is 1.35. The van der Waals surface area contributed by atoms with E-state index in [1.54, 1.807) is 6.20 Å². The van der Waals surface area contributed by atoms with E-state index in [4.69, 9.17) is 21.1 Å². The molecule has 1 N–H and O–H groups in total. The molecule has 2 heterocycles. The zero-order valence-electron chi connectivity index (χ0n) is 19.1. The Morgan fingerprint density at radius 3 is 2.91 bits per heavy atom. The minimum absolute atomic E-state index is 0.228. The van der Waals surface area contributed by atoms with Gasteiger partial charge >= 0.3 is 0 Å². The van der Waals surface area contributed by atoms with Gasteiger partial charge in [-0.05, 0) is 67.8 Å². The van der Waals surface area contributed by atoms with Crippen molar-refractivity contribution in [3.8, 4) is 11.5 Å². The maximum atomic E-state index is 11.2. The number of nitrogens with zero attached hydrogens (tertiary/aromatic N) is 3. The molecule has 3 aromatic rings. The number of β-amino-alcohol motifs (C(OH)–C–C–N with tert-alkyl or cyclic N) is 1. The highest BCUT2D eigenvalue weighted by atomic mass is 35.5. The Morgan fingerprint density at radius 1 is 1.15 bits per heavy atom. The summed E-state index contributed by atoms with van der Waals surface area (Å²) in [5.74, 6) is 1.50. The second-order valence-electron chi connectivity index (χ2n) is 8.88. The van der Waals surface area contributed by atoms with E-state index in [0.29, 0.717) is 30.3 Å². The summed E-state index contributed by atoms with van der Waals surface area (Å²) < 4.78 is 13.8. The molecule has 2 aromatic carbocycles. The van der Waals surface area contributed by atoms with Gasteiger partial charge in [-0.2, -0.15) is 5.10 Å². The van der Waals surface area contributed by atoms with Gasteiger partial charge in [-0.25, -0.2) is 0 Å². The lowest BCUT2D eigenvalue weighted by Crippen LogP contribution is -2.51. The molecule has 1 fully saturated rings. The minimum atomic E-state index is -0.897. The summed E-state index contributed by atoms with van der Waals surface area (Å²) in [5, 5.41) is 16.0. The van der Waals surface area contributed by atoms with E-state index in [9.17, 15) is 5.11 Å². The van der Waals surface area contributed by atoms with E-state index >= 15 is 0 Å². The summed E-state index contributed by atoms with van der Waals surface area (Å²) in [6.45, 7) is 5.98. The van der Waals surface area contributed by atoms with Gasteiger partial charge in [-0.15, -0.1) is 0 Å². The van der Waals surface area contributed by atoms with Crippen molar-refractivity contribution in [1.29, 1.82) is 0 Å². The van der Waals surface area contributed by atoms with Crippen molar-refractivity contribution in [2.75, 3.05) is 26.3 Å². The standard InChI is InChI=1S/C26H32ClN3O3/c1-21-8-9-24(27)25(16-21)33-20-26(31)10-3-12-29(19-26)18-22-6-2-7-23(17-22)32-15-5-14-30-13-4-11-28-30/h2,4,6-9,11,13,16-17,31H,3,5,10,12,14-15,18-20H2,1H3. The van der Waals surface area contributed by atoms with Gasteiger partial charge in [0.1, 0.15) is 23.7 Å². The maximum Gasteiger partial charge on any atom is 0.138 e. The first-order valence-electron chi connectivity index (χ1n) is 11.5. The van der Waals surface area contributed by atoms with Crippen molar-refractivity contribution < 1.29 is 14.6 Å². The first-order valence-corrected chi connectivity index (χ1v) is 11.9. The smallest absolute Gasteiger partial charge is 0.138 e. The van der Waals surface area contributed by atoms with Crippen LogP contribution in [0.2, 0.25) is 5.02 Å². The largest absolute Gasteiger partial charge is 0.494 e. The molecule has 0 radical (unpaired) electrons. The van der Waals surface area contributed by atoms with Gasteiger partial charge in [0.2, 0.25) is 0 Å². The molecule has 1 aliphatic heterocycles. The fourth-order valence-electron chi connectivity index (χ4n) is 4.23. The number of piperidine rings is 1. The van der Waals surface area contributed by atoms with Gasteiger partial charge in [0.05, 0.1) is 11.6 Å². The topological polar surface area (TPSA) is 59.8 Å². The highest BCUT2D eigenvalue weighted by Gasteiger charge is 2.34. The van der Waals surface area contributed by atoms with Crippen LogP contribution in [-0.4, -0.2) is 51.7 Å². The molecular weight excluding hydrogens is 438 g/mol. The minimum Gasteiger partial charge on any atom is -0.494 e. The van der Waals surface area contributed by atoms with Crippen LogP contribution < -0.4 is 9.47 Å². The summed E-state index contributed by atoms with van der Waals surface area (Å²) in [7, 11) is 0. The van der Waals surface area contributed by atoms with E-state index in [1.165, 1.54) is 5.56 Å². The van der Waals surface area contributed by atoms with Crippen LogP contribution in [0.15, 0.2) is 60.9 Å². The Morgan fingerprint density at radius 2 is 2.06 bits per heavy atom. The number of aliphatic hydroxyl groups is 1.